The Labute approximate surface area is 190 Å². The van der Waals surface area contributed by atoms with Gasteiger partial charge in [-0.1, -0.05) is 105 Å². The molecule has 0 aliphatic heterocycles. The summed E-state index contributed by atoms with van der Waals surface area (Å²) in [4.78, 5) is 25.7. The molecule has 172 valence electrons. The van der Waals surface area contributed by atoms with E-state index in [0.717, 1.165) is 16.7 Å². The van der Waals surface area contributed by atoms with Crippen LogP contribution in [-0.4, -0.2) is 23.6 Å². The van der Waals surface area contributed by atoms with Gasteiger partial charge in [0.15, 0.2) is 11.2 Å². The second kappa shape index (κ2) is 9.34. The number of carbonyl (C=O) groups excluding carboxylic acids is 2. The van der Waals surface area contributed by atoms with E-state index in [0.29, 0.717) is 6.42 Å². The SMILES string of the molecule is CC1(C)CC(=[OH+])C(c2ccccc2)(c2ccccc2)C(=O)C1c1ccccc1.F[B-](F)(F)F. The van der Waals surface area contributed by atoms with Crippen LogP contribution >= 0.6 is 0 Å². The lowest BCUT2D eigenvalue weighted by atomic mass is 9.52. The predicted molar refractivity (Wildman–Crippen MR) is 123 cm³/mol. The average Bonchev–Trinajstić information content (AvgIpc) is 2.74. The van der Waals surface area contributed by atoms with Crippen molar-refractivity contribution in [1.29, 1.82) is 0 Å². The molecule has 1 aliphatic carbocycles. The number of hydrogen-bond acceptors (Lipinski definition) is 1. The van der Waals surface area contributed by atoms with E-state index in [4.69, 9.17) is 0 Å². The highest BCUT2D eigenvalue weighted by molar-refractivity contribution is 6.50. The molecule has 3 aromatic carbocycles. The summed E-state index contributed by atoms with van der Waals surface area (Å²) in [6.45, 7) is 4.14. The van der Waals surface area contributed by atoms with Crippen LogP contribution in [0, 0.1) is 5.41 Å². The third-order valence-electron chi connectivity index (χ3n) is 6.02. The Morgan fingerprint density at radius 1 is 0.758 bits per heavy atom. The van der Waals surface area contributed by atoms with E-state index in [9.17, 15) is 26.9 Å². The quantitative estimate of drug-likeness (QED) is 0.189. The average molecular weight is 456 g/mol. The van der Waals surface area contributed by atoms with Gasteiger partial charge in [0.25, 0.3) is 0 Å². The van der Waals surface area contributed by atoms with Crippen molar-refractivity contribution in [2.45, 2.75) is 31.6 Å². The summed E-state index contributed by atoms with van der Waals surface area (Å²) in [5.41, 5.74) is 1.11. The molecule has 0 aromatic heterocycles. The highest BCUT2D eigenvalue weighted by Gasteiger charge is 2.62. The van der Waals surface area contributed by atoms with E-state index in [1.165, 1.54) is 0 Å². The maximum absolute atomic E-state index is 14.3. The van der Waals surface area contributed by atoms with Crippen LogP contribution in [0.2, 0.25) is 0 Å². The Balaban J connectivity index is 0.000000555. The van der Waals surface area contributed by atoms with Crippen molar-refractivity contribution in [2.75, 3.05) is 0 Å². The topological polar surface area (TPSA) is 38.5 Å². The molecule has 4 rings (SSSR count). The highest BCUT2D eigenvalue weighted by atomic mass is 19.5. The summed E-state index contributed by atoms with van der Waals surface area (Å²) in [6.07, 6.45) is 0.460. The molecule has 1 aliphatic rings. The van der Waals surface area contributed by atoms with Crippen LogP contribution in [0.15, 0.2) is 91.0 Å². The number of halogens is 4. The number of Topliss-reactive ketones (excluding diaryl/α,β-unsaturated/α-hetero) is 1. The van der Waals surface area contributed by atoms with Crippen molar-refractivity contribution >= 4 is 18.8 Å². The van der Waals surface area contributed by atoms with Gasteiger partial charge in [-0.2, -0.15) is 0 Å². The standard InChI is InChI=1S/C26H24O2.BF4/c1-25(2)18-22(27)26(20-14-8-4-9-15-20,21-16-10-5-11-17-21)24(28)23(25)19-12-6-3-7-13-19;2-1(3,4)5/h3-17,23H,18H2,1-2H3;/q;-1/p+1. The predicted octanol–water partition coefficient (Wildman–Crippen LogP) is 6.60. The van der Waals surface area contributed by atoms with Gasteiger partial charge in [0.05, 0.1) is 12.3 Å². The van der Waals surface area contributed by atoms with E-state index in [-0.39, 0.29) is 22.9 Å². The molecule has 0 spiro atoms. The lowest BCUT2D eigenvalue weighted by molar-refractivity contribution is -0.126. The summed E-state index contributed by atoms with van der Waals surface area (Å²) < 4.78 is 39.0. The molecule has 1 unspecified atom stereocenters. The minimum Gasteiger partial charge on any atom is -0.418 e. The van der Waals surface area contributed by atoms with Crippen molar-refractivity contribution < 1.29 is 26.9 Å². The van der Waals surface area contributed by atoms with Crippen molar-refractivity contribution in [1.82, 2.24) is 0 Å². The molecular weight excluding hydrogens is 431 g/mol. The molecule has 7 heteroatoms. The first-order valence-corrected chi connectivity index (χ1v) is 10.6. The smallest absolute Gasteiger partial charge is 0.418 e. The van der Waals surface area contributed by atoms with E-state index in [2.05, 4.69) is 13.8 Å². The summed E-state index contributed by atoms with van der Waals surface area (Å²) in [6, 6.07) is 29.3. The van der Waals surface area contributed by atoms with Crippen LogP contribution < -0.4 is 0 Å². The molecular formula is C26H25BF4O2. The molecule has 1 fully saturated rings. The number of rotatable bonds is 3. The molecule has 33 heavy (non-hydrogen) atoms. The van der Waals surface area contributed by atoms with Gasteiger partial charge >= 0.3 is 13.0 Å². The van der Waals surface area contributed by atoms with Crippen LogP contribution in [0.25, 0.3) is 0 Å². The molecule has 1 atom stereocenters. The third-order valence-corrected chi connectivity index (χ3v) is 6.02. The second-order valence-corrected chi connectivity index (χ2v) is 8.80. The van der Waals surface area contributed by atoms with E-state index in [1.54, 1.807) is 0 Å². The molecule has 1 saturated carbocycles. The van der Waals surface area contributed by atoms with E-state index >= 15 is 0 Å². The Morgan fingerprint density at radius 2 is 1.12 bits per heavy atom. The minimum atomic E-state index is -6.00. The fourth-order valence-electron chi connectivity index (χ4n) is 4.79. The fraction of sp³-hybridized carbons (Fsp3) is 0.231. The number of ketones is 2. The first-order chi connectivity index (χ1) is 15.5. The zero-order valence-corrected chi connectivity index (χ0v) is 18.4. The molecule has 1 N–H and O–H groups in total. The number of carbonyl (C=O) groups is 1. The van der Waals surface area contributed by atoms with Crippen molar-refractivity contribution in [2.24, 2.45) is 5.41 Å². The van der Waals surface area contributed by atoms with Crippen molar-refractivity contribution in [3.63, 3.8) is 0 Å². The molecule has 0 bridgehead atoms. The Morgan fingerprint density at radius 3 is 1.52 bits per heavy atom. The van der Waals surface area contributed by atoms with Crippen molar-refractivity contribution in [3.05, 3.63) is 108 Å². The zero-order chi connectivity index (χ0) is 24.3. The maximum atomic E-state index is 14.3. The first kappa shape index (κ1) is 24.4. The molecule has 0 saturated heterocycles. The fourth-order valence-corrected chi connectivity index (χ4v) is 4.79. The minimum absolute atomic E-state index is 0.0323. The van der Waals surface area contributed by atoms with Crippen LogP contribution in [0.3, 0.4) is 0 Å². The number of benzene rings is 3. The molecule has 0 amide bonds. The van der Waals surface area contributed by atoms with Crippen LogP contribution in [0.5, 0.6) is 0 Å². The summed E-state index contributed by atoms with van der Waals surface area (Å²) >= 11 is 0. The van der Waals surface area contributed by atoms with Gasteiger partial charge in [-0.25, -0.2) is 0 Å². The Kier molecular flexibility index (Phi) is 6.91. The Bertz CT molecular complexity index is 1050. The van der Waals surface area contributed by atoms with E-state index < -0.39 is 12.7 Å². The number of hydrogen-bond donors (Lipinski definition) is 0. The van der Waals surface area contributed by atoms with Crippen LogP contribution in [0.4, 0.5) is 17.3 Å². The maximum Gasteiger partial charge on any atom is 0.673 e. The van der Waals surface area contributed by atoms with Gasteiger partial charge in [-0.3, -0.25) is 9.59 Å². The monoisotopic (exact) mass is 456 g/mol. The van der Waals surface area contributed by atoms with E-state index in [1.807, 2.05) is 91.0 Å². The summed E-state index contributed by atoms with van der Waals surface area (Å²) in [5, 5.41) is 0. The molecule has 3 aromatic rings. The lowest BCUT2D eigenvalue weighted by Gasteiger charge is -2.44. The van der Waals surface area contributed by atoms with Crippen LogP contribution in [0.1, 0.15) is 42.9 Å². The largest absolute Gasteiger partial charge is 0.673 e. The second-order valence-electron chi connectivity index (χ2n) is 8.80. The molecule has 2 nitrogen and oxygen atoms in total. The molecule has 0 radical (unpaired) electrons. The van der Waals surface area contributed by atoms with Crippen LogP contribution in [-0.2, 0) is 10.2 Å². The van der Waals surface area contributed by atoms with Gasteiger partial charge in [-0.15, -0.1) is 0 Å². The van der Waals surface area contributed by atoms with Gasteiger partial charge in [0, 0.05) is 0 Å². The van der Waals surface area contributed by atoms with Gasteiger partial charge in [0.2, 0.25) is 0 Å². The molecule has 0 heterocycles. The summed E-state index contributed by atoms with van der Waals surface area (Å²) in [7, 11) is -6.00. The Hall–Kier alpha value is -3.22. The highest BCUT2D eigenvalue weighted by Crippen LogP contribution is 2.52. The third kappa shape index (κ3) is 5.08. The van der Waals surface area contributed by atoms with Crippen molar-refractivity contribution in [3.8, 4) is 0 Å². The normalized spacial score (nSPS) is 19.4. The zero-order valence-electron chi connectivity index (χ0n) is 18.4. The van der Waals surface area contributed by atoms with Gasteiger partial charge in [-0.05, 0) is 22.1 Å². The van der Waals surface area contributed by atoms with Gasteiger partial charge < -0.3 is 17.3 Å². The lowest BCUT2D eigenvalue weighted by Crippen LogP contribution is -2.56. The van der Waals surface area contributed by atoms with Gasteiger partial charge in [0.1, 0.15) is 0 Å². The first-order valence-electron chi connectivity index (χ1n) is 10.6. The summed E-state index contributed by atoms with van der Waals surface area (Å²) in [5.74, 6) is -0.0538.